The minimum Gasteiger partial charge on any atom is -0.269 e. The smallest absolute Gasteiger partial charge is 0.269 e. The molecule has 0 N–H and O–H groups in total. The van der Waals surface area contributed by atoms with Crippen LogP contribution < -0.4 is 15.0 Å². The third kappa shape index (κ3) is 2.87. The van der Waals surface area contributed by atoms with Gasteiger partial charge in [0.25, 0.3) is 10.0 Å². The first-order chi connectivity index (χ1) is 11.3. The van der Waals surface area contributed by atoms with Crippen molar-refractivity contribution in [1.29, 1.82) is 0 Å². The molecule has 122 valence electrons. The van der Waals surface area contributed by atoms with Gasteiger partial charge in [-0.15, -0.1) is 0 Å². The molecule has 0 unspecified atom stereocenters. The summed E-state index contributed by atoms with van der Waals surface area (Å²) in [5, 5.41) is 0.229. The van der Waals surface area contributed by atoms with Gasteiger partial charge < -0.3 is 0 Å². The van der Waals surface area contributed by atoms with E-state index in [-0.39, 0.29) is 15.6 Å². The maximum Gasteiger partial charge on any atom is 0.338 e. The van der Waals surface area contributed by atoms with Gasteiger partial charge in [-0.2, -0.15) is 0 Å². The van der Waals surface area contributed by atoms with Gasteiger partial charge in [0.1, 0.15) is 0 Å². The second-order valence-electron chi connectivity index (χ2n) is 4.94. The molecular weight excluding hydrogens is 398 g/mol. The van der Waals surface area contributed by atoms with E-state index in [0.717, 1.165) is 8.78 Å². The second-order valence-corrected chi connectivity index (χ2v) is 7.82. The number of hydrogen-bond donors (Lipinski definition) is 0. The van der Waals surface area contributed by atoms with E-state index in [9.17, 15) is 18.0 Å². The molecule has 1 aliphatic heterocycles. The van der Waals surface area contributed by atoms with E-state index in [1.807, 2.05) is 0 Å². The summed E-state index contributed by atoms with van der Waals surface area (Å²) in [7, 11) is -2.44. The van der Waals surface area contributed by atoms with Crippen LogP contribution >= 0.6 is 15.9 Å². The first kappa shape index (κ1) is 16.5. The minimum atomic E-state index is -3.86. The van der Waals surface area contributed by atoms with E-state index in [2.05, 4.69) is 25.9 Å². The van der Waals surface area contributed by atoms with E-state index in [4.69, 9.17) is 0 Å². The molecule has 2 amide bonds. The van der Waals surface area contributed by atoms with Crippen LogP contribution in [0.5, 0.6) is 0 Å². The van der Waals surface area contributed by atoms with Crippen LogP contribution in [0.25, 0.3) is 0 Å². The fraction of sp³-hybridized carbons (Fsp3) is 0.0667. The molecule has 9 heteroatoms. The maximum absolute atomic E-state index is 12.8. The van der Waals surface area contributed by atoms with E-state index in [1.54, 1.807) is 24.3 Å². The van der Waals surface area contributed by atoms with Crippen molar-refractivity contribution >= 4 is 43.5 Å². The summed E-state index contributed by atoms with van der Waals surface area (Å²) >= 11 is 3.30. The largest absolute Gasteiger partial charge is 0.338 e. The number of carbonyl (C=O) groups is 2. The molecule has 0 aromatic heterocycles. The number of sulfonamides is 1. The van der Waals surface area contributed by atoms with Crippen molar-refractivity contribution in [2.45, 2.75) is 4.90 Å². The molecule has 0 fully saturated rings. The van der Waals surface area contributed by atoms with Crippen molar-refractivity contribution < 1.29 is 18.0 Å². The predicted molar refractivity (Wildman–Crippen MR) is 88.5 cm³/mol. The molecule has 0 atom stereocenters. The van der Waals surface area contributed by atoms with Crippen LogP contribution in [0, 0.1) is 0 Å². The van der Waals surface area contributed by atoms with Crippen LogP contribution in [0.3, 0.4) is 0 Å². The summed E-state index contributed by atoms with van der Waals surface area (Å²) in [6, 6.07) is 10.7. The Morgan fingerprint density at radius 1 is 0.958 bits per heavy atom. The Morgan fingerprint density at radius 3 is 2.29 bits per heavy atom. The van der Waals surface area contributed by atoms with Crippen molar-refractivity contribution in [3.63, 3.8) is 0 Å². The summed E-state index contributed by atoms with van der Waals surface area (Å²) in [6.45, 7) is 0. The van der Waals surface area contributed by atoms with Gasteiger partial charge in [0, 0.05) is 11.5 Å². The molecule has 0 saturated heterocycles. The highest BCUT2D eigenvalue weighted by Crippen LogP contribution is 2.24. The van der Waals surface area contributed by atoms with Crippen LogP contribution in [-0.4, -0.2) is 27.3 Å². The number of nitrogens with zero attached hydrogens (tertiary/aromatic N) is 3. The predicted octanol–water partition coefficient (Wildman–Crippen LogP) is 0.580. The van der Waals surface area contributed by atoms with Gasteiger partial charge in [0.2, 0.25) is 0 Å². The fourth-order valence-corrected chi connectivity index (χ4v) is 3.73. The molecule has 2 aromatic carbocycles. The van der Waals surface area contributed by atoms with Crippen LogP contribution in [-0.2, 0) is 19.6 Å². The van der Waals surface area contributed by atoms with Gasteiger partial charge in [-0.05, 0) is 36.4 Å². The second kappa shape index (κ2) is 5.91. The molecule has 1 aliphatic rings. The van der Waals surface area contributed by atoms with Crippen LogP contribution in [0.4, 0.5) is 5.69 Å². The lowest BCUT2D eigenvalue weighted by Gasteiger charge is -2.19. The zero-order chi connectivity index (χ0) is 17.5. The van der Waals surface area contributed by atoms with Crippen molar-refractivity contribution in [2.75, 3.05) is 11.4 Å². The summed E-state index contributed by atoms with van der Waals surface area (Å²) in [5.74, 6) is -1.98. The summed E-state index contributed by atoms with van der Waals surface area (Å²) < 4.78 is 27.4. The van der Waals surface area contributed by atoms with Crippen LogP contribution in [0.15, 0.2) is 61.8 Å². The monoisotopic (exact) mass is 407 g/mol. The minimum absolute atomic E-state index is 0.0511. The number of benzene rings is 2. The first-order valence-electron chi connectivity index (χ1n) is 6.69. The first-order valence-corrected chi connectivity index (χ1v) is 8.92. The number of amides is 2. The summed E-state index contributed by atoms with van der Waals surface area (Å²) in [5.41, 5.74) is 0.468. The molecule has 0 aliphatic carbocycles. The highest BCUT2D eigenvalue weighted by molar-refractivity contribution is 9.10. The Morgan fingerprint density at radius 2 is 1.62 bits per heavy atom. The van der Waals surface area contributed by atoms with Gasteiger partial charge in [-0.1, -0.05) is 22.0 Å². The topological polar surface area (TPSA) is 96.2 Å². The van der Waals surface area contributed by atoms with Gasteiger partial charge in [0.05, 0.1) is 21.3 Å². The lowest BCUT2D eigenvalue weighted by atomic mass is 10.3. The quantitative estimate of drug-likeness (QED) is 0.695. The van der Waals surface area contributed by atoms with Gasteiger partial charge >= 0.3 is 11.8 Å². The zero-order valence-electron chi connectivity index (χ0n) is 12.3. The normalized spacial score (nSPS) is 13.8. The molecule has 0 radical (unpaired) electrons. The number of halogens is 1. The van der Waals surface area contributed by atoms with E-state index < -0.39 is 21.8 Å². The van der Waals surface area contributed by atoms with Crippen molar-refractivity contribution in [3.05, 3.63) is 57.7 Å². The Hall–Kier alpha value is -2.39. The molecule has 1 heterocycles. The average Bonchev–Trinajstić information content (AvgIpc) is 2.54. The Bertz CT molecular complexity index is 1100. The standard InChI is InChI=1S/C15H10BrN3O4S/c1-19(10-4-2-3-9(16)7-10)24(22,23)11-5-6-12-13(8-11)18-15(21)14(20)17-12/h2-8H,1H3. The summed E-state index contributed by atoms with van der Waals surface area (Å²) in [6.07, 6.45) is 0. The van der Waals surface area contributed by atoms with Crippen LogP contribution in [0.1, 0.15) is 0 Å². The molecule has 2 aromatic rings. The van der Waals surface area contributed by atoms with Crippen LogP contribution in [0.2, 0.25) is 0 Å². The van der Waals surface area contributed by atoms with Gasteiger partial charge in [-0.25, -0.2) is 18.4 Å². The van der Waals surface area contributed by atoms with Crippen molar-refractivity contribution in [1.82, 2.24) is 0 Å². The van der Waals surface area contributed by atoms with Crippen molar-refractivity contribution in [3.8, 4) is 0 Å². The molecule has 0 saturated carbocycles. The third-order valence-electron chi connectivity index (χ3n) is 3.40. The van der Waals surface area contributed by atoms with E-state index >= 15 is 0 Å². The van der Waals surface area contributed by atoms with Gasteiger partial charge in [-0.3, -0.25) is 13.9 Å². The molecule has 7 nitrogen and oxygen atoms in total. The van der Waals surface area contributed by atoms with E-state index in [1.165, 1.54) is 25.2 Å². The van der Waals surface area contributed by atoms with E-state index in [0.29, 0.717) is 5.69 Å². The lowest BCUT2D eigenvalue weighted by molar-refractivity contribution is -0.135. The molecule has 3 rings (SSSR count). The highest BCUT2D eigenvalue weighted by Gasteiger charge is 2.23. The number of rotatable bonds is 3. The van der Waals surface area contributed by atoms with Crippen molar-refractivity contribution in [2.24, 2.45) is 9.98 Å². The third-order valence-corrected chi connectivity index (χ3v) is 5.68. The molecule has 0 spiro atoms. The highest BCUT2D eigenvalue weighted by atomic mass is 79.9. The lowest BCUT2D eigenvalue weighted by Crippen LogP contribution is -2.36. The Balaban J connectivity index is 2.11. The Kier molecular flexibility index (Phi) is 4.06. The number of fused-ring (bicyclic) bond motifs is 1. The molecule has 0 bridgehead atoms. The molecular formula is C15H10BrN3O4S. The van der Waals surface area contributed by atoms with Gasteiger partial charge in [0.15, 0.2) is 0 Å². The average molecular weight is 408 g/mol. The number of carbonyl (C=O) groups excluding carboxylic acids is 2. The zero-order valence-corrected chi connectivity index (χ0v) is 14.7. The Labute approximate surface area is 145 Å². The summed E-state index contributed by atoms with van der Waals surface area (Å²) in [4.78, 5) is 29.6. The molecule has 24 heavy (non-hydrogen) atoms. The SMILES string of the molecule is CN(c1cccc(Br)c1)S(=O)(=O)c1ccc2c(c1)=NC(=O)C(=O)N=2. The number of hydrogen-bond acceptors (Lipinski definition) is 4. The maximum atomic E-state index is 12.8. The number of anilines is 1. The fourth-order valence-electron chi connectivity index (χ4n) is 2.13.